The first-order chi connectivity index (χ1) is 11.9. The lowest BCUT2D eigenvalue weighted by Crippen LogP contribution is -2.40. The van der Waals surface area contributed by atoms with Gasteiger partial charge in [0.2, 0.25) is 0 Å². The van der Waals surface area contributed by atoms with Crippen LogP contribution >= 0.6 is 0 Å². The molecule has 3 heterocycles. The molecular weight excluding hydrogens is 322 g/mol. The minimum atomic E-state index is -0.864. The zero-order valence-corrected chi connectivity index (χ0v) is 14.3. The number of aromatic nitrogens is 3. The van der Waals surface area contributed by atoms with Gasteiger partial charge in [-0.15, -0.1) is 0 Å². The van der Waals surface area contributed by atoms with Gasteiger partial charge in [-0.05, 0) is 31.9 Å². The molecule has 2 amide bonds. The molecule has 8 nitrogen and oxygen atoms in total. The Morgan fingerprint density at radius 2 is 2.16 bits per heavy atom. The Kier molecular flexibility index (Phi) is 4.43. The van der Waals surface area contributed by atoms with Crippen molar-refractivity contribution < 1.29 is 14.7 Å². The fraction of sp³-hybridized carbons (Fsp3) is 0.412. The van der Waals surface area contributed by atoms with Crippen LogP contribution in [-0.2, 0) is 11.3 Å². The number of nitrogens with one attached hydrogen (secondary N) is 1. The molecule has 8 heteroatoms. The van der Waals surface area contributed by atoms with Gasteiger partial charge >= 0.3 is 12.0 Å². The van der Waals surface area contributed by atoms with E-state index >= 15 is 0 Å². The smallest absolute Gasteiger partial charge is 0.317 e. The number of carbonyl (C=O) groups excluding carboxylic acids is 1. The number of aliphatic carboxylic acids is 1. The lowest BCUT2D eigenvalue weighted by molar-refractivity contribution is -0.147. The van der Waals surface area contributed by atoms with Crippen LogP contribution < -0.4 is 5.32 Å². The molecule has 1 fully saturated rings. The number of aryl methyl sites for hydroxylation is 1. The van der Waals surface area contributed by atoms with Crippen LogP contribution in [0.2, 0.25) is 0 Å². The molecule has 0 saturated carbocycles. The van der Waals surface area contributed by atoms with E-state index in [4.69, 9.17) is 0 Å². The Balaban J connectivity index is 1.56. The van der Waals surface area contributed by atoms with Crippen LogP contribution in [0.4, 0.5) is 4.79 Å². The second kappa shape index (κ2) is 6.54. The number of pyridine rings is 1. The van der Waals surface area contributed by atoms with E-state index in [1.165, 1.54) is 0 Å². The van der Waals surface area contributed by atoms with Gasteiger partial charge in [0.25, 0.3) is 0 Å². The van der Waals surface area contributed by atoms with Crippen LogP contribution in [0.1, 0.15) is 24.7 Å². The maximum Gasteiger partial charge on any atom is 0.317 e. The summed E-state index contributed by atoms with van der Waals surface area (Å²) in [6.07, 6.45) is 5.73. The third-order valence-corrected chi connectivity index (χ3v) is 4.60. The van der Waals surface area contributed by atoms with Gasteiger partial charge in [-0.3, -0.25) is 9.36 Å². The summed E-state index contributed by atoms with van der Waals surface area (Å²) in [5, 5.41) is 12.0. The number of urea groups is 1. The average Bonchev–Trinajstić information content (AvgIpc) is 3.20. The van der Waals surface area contributed by atoms with Crippen molar-refractivity contribution in [1.82, 2.24) is 24.8 Å². The number of nitrogens with zero attached hydrogens (tertiary/aromatic N) is 4. The van der Waals surface area contributed by atoms with E-state index in [0.29, 0.717) is 19.5 Å². The quantitative estimate of drug-likeness (QED) is 0.878. The van der Waals surface area contributed by atoms with Gasteiger partial charge in [0.15, 0.2) is 0 Å². The predicted molar refractivity (Wildman–Crippen MR) is 90.3 cm³/mol. The van der Waals surface area contributed by atoms with E-state index < -0.39 is 11.4 Å². The number of carbonyl (C=O) groups is 2. The lowest BCUT2D eigenvalue weighted by atomic mass is 9.90. The van der Waals surface area contributed by atoms with Crippen LogP contribution in [0.25, 0.3) is 5.82 Å². The average molecular weight is 343 g/mol. The molecule has 0 bridgehead atoms. The standard InChI is InChI=1S/C17H21N5O3/c1-12-18-6-8-22(12)14-4-3-13(9-19-14)10-20-16(25)21-7-5-17(2,11-21)15(23)24/h3-4,6,8-9H,5,7,10-11H2,1-2H3,(H,20,25)(H,23,24). The number of carboxylic acid groups (broad SMARTS) is 1. The maximum absolute atomic E-state index is 12.2. The summed E-state index contributed by atoms with van der Waals surface area (Å²) in [7, 11) is 0. The number of carboxylic acids is 1. The lowest BCUT2D eigenvalue weighted by Gasteiger charge is -2.20. The zero-order chi connectivity index (χ0) is 18.0. The first-order valence-electron chi connectivity index (χ1n) is 8.10. The molecule has 1 saturated heterocycles. The molecule has 0 spiro atoms. The third-order valence-electron chi connectivity index (χ3n) is 4.60. The van der Waals surface area contributed by atoms with Gasteiger partial charge < -0.3 is 15.3 Å². The highest BCUT2D eigenvalue weighted by atomic mass is 16.4. The summed E-state index contributed by atoms with van der Waals surface area (Å²) in [4.78, 5) is 33.6. The Hall–Kier alpha value is -2.90. The Morgan fingerprint density at radius 1 is 1.36 bits per heavy atom. The highest BCUT2D eigenvalue weighted by Crippen LogP contribution is 2.29. The van der Waals surface area contributed by atoms with Gasteiger partial charge in [0.1, 0.15) is 11.6 Å². The van der Waals surface area contributed by atoms with E-state index in [9.17, 15) is 14.7 Å². The SMILES string of the molecule is Cc1nccn1-c1ccc(CNC(=O)N2CCC(C)(C(=O)O)C2)cn1. The number of amides is 2. The van der Waals surface area contributed by atoms with Crippen molar-refractivity contribution in [3.8, 4) is 5.82 Å². The van der Waals surface area contributed by atoms with Crippen molar-refractivity contribution in [2.24, 2.45) is 5.41 Å². The molecule has 132 valence electrons. The summed E-state index contributed by atoms with van der Waals surface area (Å²) >= 11 is 0. The van der Waals surface area contributed by atoms with E-state index in [0.717, 1.165) is 17.2 Å². The monoisotopic (exact) mass is 343 g/mol. The van der Waals surface area contributed by atoms with Crippen LogP contribution in [0.3, 0.4) is 0 Å². The highest BCUT2D eigenvalue weighted by molar-refractivity contribution is 5.79. The minimum absolute atomic E-state index is 0.227. The molecule has 1 atom stereocenters. The Bertz CT molecular complexity index is 786. The molecule has 2 aromatic rings. The summed E-state index contributed by atoms with van der Waals surface area (Å²) < 4.78 is 1.87. The van der Waals surface area contributed by atoms with E-state index in [-0.39, 0.29) is 12.6 Å². The van der Waals surface area contributed by atoms with E-state index in [1.807, 2.05) is 29.8 Å². The van der Waals surface area contributed by atoms with Crippen molar-refractivity contribution >= 4 is 12.0 Å². The second-order valence-corrected chi connectivity index (χ2v) is 6.57. The topological polar surface area (TPSA) is 100 Å². The zero-order valence-electron chi connectivity index (χ0n) is 14.3. The summed E-state index contributed by atoms with van der Waals surface area (Å²) in [5.74, 6) is 0.753. The molecule has 3 rings (SSSR count). The first kappa shape index (κ1) is 16.9. The van der Waals surface area contributed by atoms with Gasteiger partial charge in [-0.1, -0.05) is 6.07 Å². The van der Waals surface area contributed by atoms with Crippen LogP contribution in [0.15, 0.2) is 30.7 Å². The summed E-state index contributed by atoms with van der Waals surface area (Å²) in [6.45, 7) is 4.59. The third kappa shape index (κ3) is 3.47. The van der Waals surface area contributed by atoms with E-state index in [1.54, 1.807) is 24.2 Å². The highest BCUT2D eigenvalue weighted by Gasteiger charge is 2.42. The first-order valence-corrected chi connectivity index (χ1v) is 8.10. The van der Waals surface area contributed by atoms with E-state index in [2.05, 4.69) is 15.3 Å². The molecule has 2 N–H and O–H groups in total. The van der Waals surface area contributed by atoms with Crippen molar-refractivity contribution in [2.75, 3.05) is 13.1 Å². The van der Waals surface area contributed by atoms with Crippen LogP contribution in [0.5, 0.6) is 0 Å². The van der Waals surface area contributed by atoms with Crippen molar-refractivity contribution in [3.05, 3.63) is 42.1 Å². The van der Waals surface area contributed by atoms with Crippen molar-refractivity contribution in [2.45, 2.75) is 26.8 Å². The van der Waals surface area contributed by atoms with Crippen molar-refractivity contribution in [1.29, 1.82) is 0 Å². The largest absolute Gasteiger partial charge is 0.481 e. The number of likely N-dealkylation sites (tertiary alicyclic amines) is 1. The molecule has 1 unspecified atom stereocenters. The number of imidazole rings is 1. The molecule has 25 heavy (non-hydrogen) atoms. The normalized spacial score (nSPS) is 19.8. The fourth-order valence-electron chi connectivity index (χ4n) is 2.88. The van der Waals surface area contributed by atoms with Gasteiger partial charge in [0, 0.05) is 38.2 Å². The van der Waals surface area contributed by atoms with Crippen LogP contribution in [0, 0.1) is 12.3 Å². The van der Waals surface area contributed by atoms with Gasteiger partial charge in [-0.2, -0.15) is 0 Å². The second-order valence-electron chi connectivity index (χ2n) is 6.57. The number of rotatable bonds is 4. The van der Waals surface area contributed by atoms with Gasteiger partial charge in [-0.25, -0.2) is 14.8 Å². The summed E-state index contributed by atoms with van der Waals surface area (Å²) in [5.41, 5.74) is 0.0125. The molecule has 2 aromatic heterocycles. The fourth-order valence-corrected chi connectivity index (χ4v) is 2.88. The Morgan fingerprint density at radius 3 is 2.72 bits per heavy atom. The minimum Gasteiger partial charge on any atom is -0.481 e. The van der Waals surface area contributed by atoms with Crippen LogP contribution in [-0.4, -0.2) is 49.6 Å². The molecule has 0 aromatic carbocycles. The molecule has 1 aliphatic heterocycles. The number of hydrogen-bond donors (Lipinski definition) is 2. The molecular formula is C17H21N5O3. The molecule has 0 radical (unpaired) electrons. The predicted octanol–water partition coefficient (Wildman–Crippen LogP) is 1.58. The summed E-state index contributed by atoms with van der Waals surface area (Å²) in [6, 6.07) is 3.51. The maximum atomic E-state index is 12.2. The van der Waals surface area contributed by atoms with Crippen molar-refractivity contribution in [3.63, 3.8) is 0 Å². The number of hydrogen-bond acceptors (Lipinski definition) is 4. The van der Waals surface area contributed by atoms with Gasteiger partial charge in [0.05, 0.1) is 5.41 Å². The molecule has 0 aliphatic carbocycles. The Labute approximate surface area is 145 Å². The molecule has 1 aliphatic rings.